The lowest BCUT2D eigenvalue weighted by Gasteiger charge is -2.30. The van der Waals surface area contributed by atoms with Crippen LogP contribution in [0, 0.1) is 0 Å². The zero-order valence-corrected chi connectivity index (χ0v) is 33.2. The van der Waals surface area contributed by atoms with Gasteiger partial charge in [-0.15, -0.1) is 0 Å². The number of rotatable bonds is 6. The van der Waals surface area contributed by atoms with Gasteiger partial charge in [-0.05, 0) is 111 Å². The maximum absolute atomic E-state index is 6.76. The molecule has 0 radical (unpaired) electrons. The lowest BCUT2D eigenvalue weighted by molar-refractivity contribution is 0.620. The summed E-state index contributed by atoms with van der Waals surface area (Å²) in [5.74, 6) is 0.583. The van der Waals surface area contributed by atoms with Crippen molar-refractivity contribution in [3.05, 3.63) is 205 Å². The van der Waals surface area contributed by atoms with E-state index in [-0.39, 0.29) is 5.41 Å². The Morgan fingerprint density at radius 2 is 1.07 bits per heavy atom. The van der Waals surface area contributed by atoms with Crippen LogP contribution in [0.5, 0.6) is 0 Å². The molecule has 0 N–H and O–H groups in total. The molecule has 2 aromatic heterocycles. The van der Waals surface area contributed by atoms with E-state index in [0.29, 0.717) is 5.89 Å². The summed E-state index contributed by atoms with van der Waals surface area (Å²) in [4.78, 5) is 7.30. The molecule has 60 heavy (non-hydrogen) atoms. The fourth-order valence-corrected chi connectivity index (χ4v) is 9.47. The maximum atomic E-state index is 6.76. The van der Waals surface area contributed by atoms with Gasteiger partial charge in [0.25, 0.3) is 0 Å². The second-order valence-corrected chi connectivity index (χ2v) is 16.3. The number of aromatic nitrogens is 1. The highest BCUT2D eigenvalue weighted by molar-refractivity contribution is 6.22. The fraction of sp³-hybridized carbons (Fsp3) is 0.0536. The smallest absolute Gasteiger partial charge is 0.227 e. The number of benzene rings is 9. The zero-order valence-electron chi connectivity index (χ0n) is 33.2. The first-order valence-electron chi connectivity index (χ1n) is 20.5. The Kier molecular flexibility index (Phi) is 7.54. The minimum atomic E-state index is -0.172. The molecule has 12 rings (SSSR count). The fourth-order valence-electron chi connectivity index (χ4n) is 9.47. The van der Waals surface area contributed by atoms with E-state index < -0.39 is 0 Å². The molecule has 1 aliphatic rings. The third-order valence-electron chi connectivity index (χ3n) is 12.5. The Balaban J connectivity index is 1.08. The van der Waals surface area contributed by atoms with Gasteiger partial charge in [-0.2, -0.15) is 0 Å². The quantitative estimate of drug-likeness (QED) is 0.169. The zero-order chi connectivity index (χ0) is 40.0. The standard InChI is InChI=1S/C56H38N2O2/c1-56(2)47-17-9-8-16-44(47)45-30-29-42(34-48(45)56)58(41-27-24-38(25-28-41)37-22-20-36(21-23-37)35-12-4-3-5-13-35)54-43-15-7-6-14-39(43)33-52-53(54)46-32-40(26-31-50(46)59-52)55-57-49-18-10-11-19-51(49)60-55/h3-34H,1-2H3. The van der Waals surface area contributed by atoms with Crippen LogP contribution in [0.4, 0.5) is 17.1 Å². The summed E-state index contributed by atoms with van der Waals surface area (Å²) in [6.45, 7) is 4.69. The second kappa shape index (κ2) is 13.2. The van der Waals surface area contributed by atoms with Gasteiger partial charge in [0.1, 0.15) is 16.7 Å². The molecule has 0 spiro atoms. The van der Waals surface area contributed by atoms with E-state index in [1.807, 2.05) is 36.4 Å². The van der Waals surface area contributed by atoms with Crippen molar-refractivity contribution in [3.63, 3.8) is 0 Å². The Morgan fingerprint density at radius 3 is 1.87 bits per heavy atom. The molecule has 0 saturated heterocycles. The Labute approximate surface area is 347 Å². The predicted octanol–water partition coefficient (Wildman–Crippen LogP) is 15.7. The summed E-state index contributed by atoms with van der Waals surface area (Å²) in [5.41, 5.74) is 17.1. The van der Waals surface area contributed by atoms with Gasteiger partial charge < -0.3 is 13.7 Å². The van der Waals surface area contributed by atoms with Crippen LogP contribution in [0.1, 0.15) is 25.0 Å². The van der Waals surface area contributed by atoms with Gasteiger partial charge in [0.15, 0.2) is 5.58 Å². The van der Waals surface area contributed by atoms with Crippen molar-refractivity contribution in [2.24, 2.45) is 0 Å². The molecule has 0 aliphatic heterocycles. The van der Waals surface area contributed by atoms with Crippen LogP contribution in [0.25, 0.3) is 88.6 Å². The average molecular weight is 771 g/mol. The van der Waals surface area contributed by atoms with Crippen molar-refractivity contribution < 1.29 is 8.83 Å². The van der Waals surface area contributed by atoms with Crippen molar-refractivity contribution in [1.82, 2.24) is 4.98 Å². The van der Waals surface area contributed by atoms with Crippen molar-refractivity contribution in [3.8, 4) is 44.8 Å². The highest BCUT2D eigenvalue weighted by Crippen LogP contribution is 2.53. The second-order valence-electron chi connectivity index (χ2n) is 16.3. The molecule has 0 unspecified atom stereocenters. The van der Waals surface area contributed by atoms with E-state index in [0.717, 1.165) is 72.0 Å². The van der Waals surface area contributed by atoms with Crippen LogP contribution < -0.4 is 4.90 Å². The lowest BCUT2D eigenvalue weighted by atomic mass is 9.82. The van der Waals surface area contributed by atoms with E-state index in [1.165, 1.54) is 38.9 Å². The number of hydrogen-bond donors (Lipinski definition) is 0. The van der Waals surface area contributed by atoms with Crippen LogP contribution in [-0.2, 0) is 5.41 Å². The van der Waals surface area contributed by atoms with E-state index in [4.69, 9.17) is 13.8 Å². The number of fused-ring (bicyclic) bond motifs is 8. The summed E-state index contributed by atoms with van der Waals surface area (Å²) in [5, 5.41) is 4.26. The summed E-state index contributed by atoms with van der Waals surface area (Å²) in [6, 6.07) is 69.2. The van der Waals surface area contributed by atoms with Crippen LogP contribution >= 0.6 is 0 Å². The number of hydrogen-bond acceptors (Lipinski definition) is 4. The molecule has 2 heterocycles. The first-order chi connectivity index (χ1) is 29.5. The number of anilines is 3. The number of oxazole rings is 1. The third-order valence-corrected chi connectivity index (χ3v) is 12.5. The van der Waals surface area contributed by atoms with Gasteiger partial charge >= 0.3 is 0 Å². The van der Waals surface area contributed by atoms with Crippen LogP contribution in [0.2, 0.25) is 0 Å². The van der Waals surface area contributed by atoms with Gasteiger partial charge in [0, 0.05) is 33.1 Å². The van der Waals surface area contributed by atoms with Crippen molar-refractivity contribution in [2.45, 2.75) is 19.3 Å². The topological polar surface area (TPSA) is 42.4 Å². The highest BCUT2D eigenvalue weighted by Gasteiger charge is 2.36. The molecule has 0 atom stereocenters. The molecule has 0 bridgehead atoms. The minimum absolute atomic E-state index is 0.172. The Morgan fingerprint density at radius 1 is 0.433 bits per heavy atom. The molecule has 11 aromatic rings. The van der Waals surface area contributed by atoms with Gasteiger partial charge in [0.05, 0.1) is 11.1 Å². The SMILES string of the molecule is CC1(C)c2ccccc2-c2ccc(N(c3ccc(-c4ccc(-c5ccccc5)cc4)cc3)c3c4ccccc4cc4oc5ccc(-c6nc7ccccc7o6)cc5c34)cc21. The summed E-state index contributed by atoms with van der Waals surface area (Å²) in [6.07, 6.45) is 0. The van der Waals surface area contributed by atoms with Crippen molar-refractivity contribution >= 4 is 60.9 Å². The molecule has 284 valence electrons. The van der Waals surface area contributed by atoms with E-state index >= 15 is 0 Å². The van der Waals surface area contributed by atoms with Gasteiger partial charge in [-0.1, -0.05) is 147 Å². The first kappa shape index (κ1) is 34.4. The van der Waals surface area contributed by atoms with E-state index in [9.17, 15) is 0 Å². The van der Waals surface area contributed by atoms with Gasteiger partial charge in [0.2, 0.25) is 5.89 Å². The normalized spacial score (nSPS) is 13.0. The van der Waals surface area contributed by atoms with Crippen molar-refractivity contribution in [1.29, 1.82) is 0 Å². The molecule has 4 heteroatoms. The van der Waals surface area contributed by atoms with E-state index in [2.05, 4.69) is 176 Å². The molecule has 9 aromatic carbocycles. The highest BCUT2D eigenvalue weighted by atomic mass is 16.3. The third kappa shape index (κ3) is 5.34. The first-order valence-corrected chi connectivity index (χ1v) is 20.5. The molecule has 1 aliphatic carbocycles. The minimum Gasteiger partial charge on any atom is -0.456 e. The number of para-hydroxylation sites is 2. The molecular weight excluding hydrogens is 733 g/mol. The summed E-state index contributed by atoms with van der Waals surface area (Å²) in [7, 11) is 0. The Bertz CT molecular complexity index is 3410. The molecule has 0 saturated carbocycles. The number of furan rings is 1. The van der Waals surface area contributed by atoms with Crippen LogP contribution in [0.15, 0.2) is 203 Å². The summed E-state index contributed by atoms with van der Waals surface area (Å²) >= 11 is 0. The van der Waals surface area contributed by atoms with E-state index in [1.54, 1.807) is 0 Å². The van der Waals surface area contributed by atoms with Crippen LogP contribution in [-0.4, -0.2) is 4.98 Å². The molecule has 0 amide bonds. The monoisotopic (exact) mass is 770 g/mol. The Hall–Kier alpha value is -7.69. The predicted molar refractivity (Wildman–Crippen MR) is 247 cm³/mol. The van der Waals surface area contributed by atoms with Gasteiger partial charge in [-0.25, -0.2) is 4.98 Å². The summed E-state index contributed by atoms with van der Waals surface area (Å²) < 4.78 is 13.1. The maximum Gasteiger partial charge on any atom is 0.227 e. The average Bonchev–Trinajstić information content (AvgIpc) is 3.97. The molecular formula is C56H38N2O2. The lowest BCUT2D eigenvalue weighted by Crippen LogP contribution is -2.16. The molecule has 4 nitrogen and oxygen atoms in total. The number of nitrogens with zero attached hydrogens (tertiary/aromatic N) is 2. The largest absolute Gasteiger partial charge is 0.456 e. The van der Waals surface area contributed by atoms with Crippen molar-refractivity contribution in [2.75, 3.05) is 4.90 Å². The van der Waals surface area contributed by atoms with Crippen LogP contribution in [0.3, 0.4) is 0 Å². The van der Waals surface area contributed by atoms with Gasteiger partial charge in [-0.3, -0.25) is 0 Å². The molecule has 0 fully saturated rings.